The van der Waals surface area contributed by atoms with Crippen molar-refractivity contribution in [2.75, 3.05) is 26.4 Å². The van der Waals surface area contributed by atoms with Gasteiger partial charge in [0.1, 0.15) is 55.4 Å². The topological polar surface area (TPSA) is 222 Å². The first-order chi connectivity index (χ1) is 19.4. The largest absolute Gasteiger partial charge is 0.461 e. The average Bonchev–Trinajstić information content (AvgIpc) is 3.48. The number of aliphatic hydroxyl groups is 7. The van der Waals surface area contributed by atoms with Crippen molar-refractivity contribution in [2.24, 2.45) is 17.8 Å². The van der Waals surface area contributed by atoms with E-state index in [0.717, 1.165) is 5.57 Å². The lowest BCUT2D eigenvalue weighted by atomic mass is 9.81. The van der Waals surface area contributed by atoms with E-state index < -0.39 is 86.6 Å². The van der Waals surface area contributed by atoms with Crippen molar-refractivity contribution < 1.29 is 69.0 Å². The van der Waals surface area contributed by atoms with Crippen molar-refractivity contribution in [3.63, 3.8) is 0 Å². The van der Waals surface area contributed by atoms with Crippen LogP contribution in [0.4, 0.5) is 0 Å². The van der Waals surface area contributed by atoms with E-state index in [4.69, 9.17) is 23.7 Å². The molecule has 3 aliphatic heterocycles. The predicted molar refractivity (Wildman–Crippen MR) is 133 cm³/mol. The summed E-state index contributed by atoms with van der Waals surface area (Å²) < 4.78 is 28.1. The van der Waals surface area contributed by atoms with E-state index in [1.807, 2.05) is 13.8 Å². The average molecular weight is 587 g/mol. The SMILES string of the molecule is CC1=C2C(=O)C=C(CO[C@@H]3O[C@H](CO[C@]4(CO)O[C@H](CO)[C@@H](O)[C@@H]4O)[C@@H](O)[C@H](O)[C@H]3O)[C@@H]2[C@H]2OC(=O)[C@@H](C)[C@@H]2CC1. The van der Waals surface area contributed by atoms with Gasteiger partial charge in [-0.3, -0.25) is 9.59 Å². The molecule has 14 nitrogen and oxygen atoms in total. The van der Waals surface area contributed by atoms with Crippen molar-refractivity contribution >= 4 is 11.8 Å². The first kappa shape index (κ1) is 30.6. The molecule has 0 amide bonds. The summed E-state index contributed by atoms with van der Waals surface area (Å²) in [5.74, 6) is -3.59. The molecule has 0 saturated carbocycles. The molecule has 0 aromatic rings. The Morgan fingerprint density at radius 1 is 1.02 bits per heavy atom. The Kier molecular flexibility index (Phi) is 8.74. The van der Waals surface area contributed by atoms with Gasteiger partial charge in [0, 0.05) is 17.4 Å². The molecule has 3 heterocycles. The molecule has 13 atom stereocenters. The van der Waals surface area contributed by atoms with Gasteiger partial charge in [-0.2, -0.15) is 0 Å². The molecule has 0 aromatic heterocycles. The second kappa shape index (κ2) is 11.7. The Bertz CT molecular complexity index is 1090. The number of ketones is 1. The maximum atomic E-state index is 13.0. The Morgan fingerprint density at radius 3 is 2.41 bits per heavy atom. The van der Waals surface area contributed by atoms with Crippen LogP contribution in [0.5, 0.6) is 0 Å². The summed E-state index contributed by atoms with van der Waals surface area (Å²) in [4.78, 5) is 25.4. The summed E-state index contributed by atoms with van der Waals surface area (Å²) >= 11 is 0. The van der Waals surface area contributed by atoms with E-state index in [0.29, 0.717) is 24.0 Å². The smallest absolute Gasteiger partial charge is 0.309 e. The summed E-state index contributed by atoms with van der Waals surface area (Å²) in [5, 5.41) is 71.2. The van der Waals surface area contributed by atoms with E-state index in [1.165, 1.54) is 6.08 Å². The predicted octanol–water partition coefficient (Wildman–Crippen LogP) is -2.96. The molecule has 3 fully saturated rings. The van der Waals surface area contributed by atoms with Crippen LogP contribution in [-0.2, 0) is 33.3 Å². The zero-order chi connectivity index (χ0) is 29.8. The molecule has 0 bridgehead atoms. The highest BCUT2D eigenvalue weighted by Crippen LogP contribution is 2.48. The maximum absolute atomic E-state index is 13.0. The molecular formula is C27H38O14. The van der Waals surface area contributed by atoms with E-state index in [-0.39, 0.29) is 30.2 Å². The standard InChI is InChI=1S/C27H38O14/c1-10-3-4-13-11(2)25(36)40-23(13)18-12(5-14(30)17(10)18)7-37-26-22(34)21(33)19(31)16(39-26)8-38-27(9-29)24(35)20(32)15(6-28)41-27/h5,11,13,15-16,18-24,26,28-29,31-35H,3-4,6-9H2,1-2H3/t11-,13-,15+,16+,18-,19+,20+,21-,22+,23-,24-,26+,27+/m0/s1. The van der Waals surface area contributed by atoms with E-state index in [2.05, 4.69) is 0 Å². The van der Waals surface area contributed by atoms with E-state index >= 15 is 0 Å². The number of esters is 1. The molecule has 0 unspecified atom stereocenters. The Labute approximate surface area is 235 Å². The molecule has 0 radical (unpaired) electrons. The Hall–Kier alpha value is -1.82. The third-order valence-electron chi connectivity index (χ3n) is 9.10. The molecule has 3 saturated heterocycles. The van der Waals surface area contributed by atoms with Gasteiger partial charge in [-0.1, -0.05) is 12.5 Å². The summed E-state index contributed by atoms with van der Waals surface area (Å²) in [5.41, 5.74) is 2.01. The number of rotatable bonds is 8. The second-order valence-electron chi connectivity index (χ2n) is 11.5. The van der Waals surface area contributed by atoms with Crippen LogP contribution in [0.25, 0.3) is 0 Å². The summed E-state index contributed by atoms with van der Waals surface area (Å²) in [6, 6.07) is 0. The van der Waals surface area contributed by atoms with Crippen LogP contribution in [0.1, 0.15) is 26.7 Å². The molecule has 0 spiro atoms. The minimum Gasteiger partial charge on any atom is -0.461 e. The van der Waals surface area contributed by atoms with Gasteiger partial charge in [0.05, 0.1) is 25.7 Å². The van der Waals surface area contributed by atoms with E-state index in [9.17, 15) is 45.3 Å². The molecule has 41 heavy (non-hydrogen) atoms. The number of aliphatic hydroxyl groups excluding tert-OH is 7. The third-order valence-corrected chi connectivity index (χ3v) is 9.10. The lowest BCUT2D eigenvalue weighted by Gasteiger charge is -2.41. The van der Waals surface area contributed by atoms with Gasteiger partial charge in [0.2, 0.25) is 5.79 Å². The number of carbonyl (C=O) groups is 2. The molecular weight excluding hydrogens is 548 g/mol. The van der Waals surface area contributed by atoms with Gasteiger partial charge in [-0.25, -0.2) is 0 Å². The number of ether oxygens (including phenoxy) is 5. The quantitative estimate of drug-likeness (QED) is 0.141. The summed E-state index contributed by atoms with van der Waals surface area (Å²) in [6.45, 7) is 1.32. The van der Waals surface area contributed by atoms with Crippen molar-refractivity contribution in [3.8, 4) is 0 Å². The van der Waals surface area contributed by atoms with Gasteiger partial charge in [0.25, 0.3) is 0 Å². The highest BCUT2D eigenvalue weighted by atomic mass is 16.8. The first-order valence-corrected chi connectivity index (χ1v) is 13.8. The van der Waals surface area contributed by atoms with Crippen molar-refractivity contribution in [1.82, 2.24) is 0 Å². The lowest BCUT2D eigenvalue weighted by Crippen LogP contribution is -2.60. The fourth-order valence-electron chi connectivity index (χ4n) is 6.59. The van der Waals surface area contributed by atoms with Crippen LogP contribution in [0.3, 0.4) is 0 Å². The molecule has 14 heteroatoms. The number of carbonyl (C=O) groups excluding carboxylic acids is 2. The van der Waals surface area contributed by atoms with Gasteiger partial charge in [-0.05, 0) is 31.4 Å². The monoisotopic (exact) mass is 586 g/mol. The fourth-order valence-corrected chi connectivity index (χ4v) is 6.59. The van der Waals surface area contributed by atoms with E-state index in [1.54, 1.807) is 0 Å². The summed E-state index contributed by atoms with van der Waals surface area (Å²) in [7, 11) is 0. The number of allylic oxidation sites excluding steroid dienone is 2. The highest BCUT2D eigenvalue weighted by molar-refractivity contribution is 6.09. The zero-order valence-electron chi connectivity index (χ0n) is 22.7. The molecule has 7 N–H and O–H groups in total. The molecule has 5 rings (SSSR count). The second-order valence-corrected chi connectivity index (χ2v) is 11.5. The molecule has 5 aliphatic rings. The maximum Gasteiger partial charge on any atom is 0.309 e. The number of hydrogen-bond donors (Lipinski definition) is 7. The van der Waals surface area contributed by atoms with Crippen LogP contribution < -0.4 is 0 Å². The van der Waals surface area contributed by atoms with Crippen LogP contribution in [0, 0.1) is 17.8 Å². The van der Waals surface area contributed by atoms with Crippen molar-refractivity contribution in [2.45, 2.75) is 87.6 Å². The van der Waals surface area contributed by atoms with Crippen molar-refractivity contribution in [3.05, 3.63) is 22.8 Å². The Balaban J connectivity index is 1.28. The molecule has 230 valence electrons. The fraction of sp³-hybridized carbons (Fsp3) is 0.778. The van der Waals surface area contributed by atoms with Crippen LogP contribution in [0.15, 0.2) is 22.8 Å². The zero-order valence-corrected chi connectivity index (χ0v) is 22.7. The first-order valence-electron chi connectivity index (χ1n) is 13.8. The van der Waals surface area contributed by atoms with Gasteiger partial charge in [0.15, 0.2) is 12.1 Å². The third kappa shape index (κ3) is 5.18. The van der Waals surface area contributed by atoms with Gasteiger partial charge >= 0.3 is 5.97 Å². The van der Waals surface area contributed by atoms with Crippen molar-refractivity contribution in [1.29, 1.82) is 0 Å². The minimum atomic E-state index is -2.14. The Morgan fingerprint density at radius 2 is 1.76 bits per heavy atom. The highest BCUT2D eigenvalue weighted by Gasteiger charge is 2.56. The molecule has 0 aromatic carbocycles. The minimum absolute atomic E-state index is 0.0831. The van der Waals surface area contributed by atoms with Crippen LogP contribution >= 0.6 is 0 Å². The van der Waals surface area contributed by atoms with Gasteiger partial charge in [-0.15, -0.1) is 0 Å². The summed E-state index contributed by atoms with van der Waals surface area (Å²) in [6.07, 6.45) is -10.3. The molecule has 2 aliphatic carbocycles. The lowest BCUT2D eigenvalue weighted by molar-refractivity contribution is -0.327. The number of hydrogen-bond acceptors (Lipinski definition) is 14. The van der Waals surface area contributed by atoms with Gasteiger partial charge < -0.3 is 59.4 Å². The number of fused-ring (bicyclic) bond motifs is 3. The normalized spacial score (nSPS) is 46.3. The van der Waals surface area contributed by atoms with Crippen LogP contribution in [-0.4, -0.2) is 135 Å². The van der Waals surface area contributed by atoms with Crippen LogP contribution in [0.2, 0.25) is 0 Å².